The van der Waals surface area contributed by atoms with E-state index in [1.54, 1.807) is 0 Å². The first-order chi connectivity index (χ1) is 12.4. The number of nitrogens with zero attached hydrogens (tertiary/aromatic N) is 3. The van der Waals surface area contributed by atoms with Gasteiger partial charge in [0.1, 0.15) is 0 Å². The zero-order valence-electron chi connectivity index (χ0n) is 18.9. The second kappa shape index (κ2) is 7.57. The highest BCUT2D eigenvalue weighted by Crippen LogP contribution is 2.43. The Kier molecular flexibility index (Phi) is 5.88. The van der Waals surface area contributed by atoms with Crippen molar-refractivity contribution in [2.75, 3.05) is 33.7 Å². The molecular weight excluding hydrogens is 334 g/mol. The predicted molar refractivity (Wildman–Crippen MR) is 113 cm³/mol. The number of carbonyl (C=O) groups excluding carboxylic acids is 1. The molecule has 0 radical (unpaired) electrons. The number of urea groups is 1. The Morgan fingerprint density at radius 3 is 2.07 bits per heavy atom. The molecule has 0 spiro atoms. The minimum Gasteiger partial charge on any atom is -0.326 e. The predicted octanol–water partition coefficient (Wildman–Crippen LogP) is 4.70. The van der Waals surface area contributed by atoms with E-state index < -0.39 is 0 Å². The number of amides is 2. The summed E-state index contributed by atoms with van der Waals surface area (Å²) in [6, 6.07) is 1.54. The van der Waals surface area contributed by atoms with Crippen LogP contribution in [0.1, 0.15) is 73.1 Å². The lowest BCUT2D eigenvalue weighted by atomic mass is 9.69. The first-order valence-corrected chi connectivity index (χ1v) is 11.2. The highest BCUT2D eigenvalue weighted by atomic mass is 16.2. The second-order valence-electron chi connectivity index (χ2n) is 11.9. The summed E-state index contributed by atoms with van der Waals surface area (Å²) in [5.41, 5.74) is 0.838. The first-order valence-electron chi connectivity index (χ1n) is 11.2. The van der Waals surface area contributed by atoms with Crippen LogP contribution in [0.3, 0.4) is 0 Å². The van der Waals surface area contributed by atoms with Crippen molar-refractivity contribution in [2.45, 2.75) is 85.2 Å². The van der Waals surface area contributed by atoms with Gasteiger partial charge in [-0.15, -0.1) is 0 Å². The van der Waals surface area contributed by atoms with Crippen molar-refractivity contribution in [2.24, 2.45) is 22.7 Å². The molecule has 3 aliphatic rings. The van der Waals surface area contributed by atoms with Crippen LogP contribution in [0.25, 0.3) is 0 Å². The third-order valence-electron chi connectivity index (χ3n) is 7.15. The van der Waals surface area contributed by atoms with Gasteiger partial charge in [0.05, 0.1) is 0 Å². The Balaban J connectivity index is 1.37. The molecule has 3 fully saturated rings. The molecule has 156 valence electrons. The van der Waals surface area contributed by atoms with Gasteiger partial charge in [-0.25, -0.2) is 4.79 Å². The number of likely N-dealkylation sites (N-methyl/N-ethyl adjacent to an activating group) is 1. The molecule has 4 nitrogen and oxygen atoms in total. The SMILES string of the molecule is CN1CCN([C@H]2C[C@@H](CC(C)(C)CN(C)C3CC(CC(C)(C)C)C3)C2)C1=O. The lowest BCUT2D eigenvalue weighted by molar-refractivity contribution is 0.0301. The summed E-state index contributed by atoms with van der Waals surface area (Å²) in [7, 11) is 4.26. The van der Waals surface area contributed by atoms with Crippen molar-refractivity contribution in [3.63, 3.8) is 0 Å². The highest BCUT2D eigenvalue weighted by Gasteiger charge is 2.42. The second-order valence-corrected chi connectivity index (χ2v) is 11.9. The first kappa shape index (κ1) is 21.0. The summed E-state index contributed by atoms with van der Waals surface area (Å²) in [4.78, 5) is 18.8. The summed E-state index contributed by atoms with van der Waals surface area (Å²) in [5.74, 6) is 1.73. The molecule has 1 saturated heterocycles. The number of carbonyl (C=O) groups is 1. The van der Waals surface area contributed by atoms with Gasteiger partial charge < -0.3 is 14.7 Å². The standard InChI is InChI=1S/C23H43N3O/c1-22(2,3)14-17-10-19(11-17)25(7)16-23(4,5)15-18-12-20(13-18)26-9-8-24(6)21(26)27/h17-20H,8-16H2,1-7H3/t17?,18-,19?,20+. The molecule has 3 rings (SSSR count). The Labute approximate surface area is 167 Å². The van der Waals surface area contributed by atoms with Crippen LogP contribution in [0.15, 0.2) is 0 Å². The molecular formula is C23H43N3O. The van der Waals surface area contributed by atoms with Crippen LogP contribution < -0.4 is 0 Å². The van der Waals surface area contributed by atoms with Crippen molar-refractivity contribution in [1.82, 2.24) is 14.7 Å². The monoisotopic (exact) mass is 377 g/mol. The lowest BCUT2D eigenvalue weighted by Gasteiger charge is -2.48. The lowest BCUT2D eigenvalue weighted by Crippen LogP contribution is -2.49. The molecule has 0 atom stereocenters. The van der Waals surface area contributed by atoms with Crippen molar-refractivity contribution >= 4 is 6.03 Å². The fourth-order valence-electron chi connectivity index (χ4n) is 5.87. The van der Waals surface area contributed by atoms with E-state index in [9.17, 15) is 4.79 Å². The van der Waals surface area contributed by atoms with Crippen molar-refractivity contribution in [3.05, 3.63) is 0 Å². The van der Waals surface area contributed by atoms with Gasteiger partial charge in [0.15, 0.2) is 0 Å². The molecule has 0 unspecified atom stereocenters. The molecule has 0 aromatic rings. The largest absolute Gasteiger partial charge is 0.326 e. The van der Waals surface area contributed by atoms with Gasteiger partial charge in [0, 0.05) is 38.8 Å². The molecule has 1 aliphatic heterocycles. The molecule has 0 N–H and O–H groups in total. The molecule has 2 aliphatic carbocycles. The third-order valence-corrected chi connectivity index (χ3v) is 7.15. The Bertz CT molecular complexity index is 526. The average molecular weight is 378 g/mol. The minimum absolute atomic E-state index is 0.243. The van der Waals surface area contributed by atoms with E-state index in [1.807, 2.05) is 11.9 Å². The molecule has 0 aromatic heterocycles. The van der Waals surface area contributed by atoms with E-state index in [-0.39, 0.29) is 6.03 Å². The normalized spacial score (nSPS) is 32.1. The van der Waals surface area contributed by atoms with E-state index in [4.69, 9.17) is 0 Å². The van der Waals surface area contributed by atoms with E-state index in [1.165, 1.54) is 45.1 Å². The number of hydrogen-bond donors (Lipinski definition) is 0. The van der Waals surface area contributed by atoms with E-state index in [0.717, 1.165) is 31.0 Å². The van der Waals surface area contributed by atoms with Crippen molar-refractivity contribution in [1.29, 1.82) is 0 Å². The van der Waals surface area contributed by atoms with Crippen LogP contribution in [-0.2, 0) is 0 Å². The average Bonchev–Trinajstić information content (AvgIpc) is 2.76. The van der Waals surface area contributed by atoms with Gasteiger partial charge in [0.25, 0.3) is 0 Å². The zero-order chi connectivity index (χ0) is 20.0. The fourth-order valence-corrected chi connectivity index (χ4v) is 5.87. The third kappa shape index (κ3) is 5.19. The molecule has 1 heterocycles. The maximum atomic E-state index is 12.1. The van der Waals surface area contributed by atoms with Gasteiger partial charge in [-0.05, 0) is 68.2 Å². The smallest absolute Gasteiger partial charge is 0.320 e. The van der Waals surface area contributed by atoms with Gasteiger partial charge in [0.2, 0.25) is 0 Å². The van der Waals surface area contributed by atoms with E-state index in [2.05, 4.69) is 51.5 Å². The van der Waals surface area contributed by atoms with Crippen LogP contribution in [0.4, 0.5) is 4.79 Å². The molecule has 2 saturated carbocycles. The number of hydrogen-bond acceptors (Lipinski definition) is 2. The van der Waals surface area contributed by atoms with Crippen molar-refractivity contribution in [3.8, 4) is 0 Å². The van der Waals surface area contributed by atoms with E-state index in [0.29, 0.717) is 16.9 Å². The van der Waals surface area contributed by atoms with Crippen LogP contribution in [0, 0.1) is 22.7 Å². The van der Waals surface area contributed by atoms with Crippen molar-refractivity contribution < 1.29 is 4.79 Å². The Morgan fingerprint density at radius 2 is 1.56 bits per heavy atom. The fraction of sp³-hybridized carbons (Fsp3) is 0.957. The van der Waals surface area contributed by atoms with Gasteiger partial charge in [-0.2, -0.15) is 0 Å². The van der Waals surface area contributed by atoms with Gasteiger partial charge in [-0.3, -0.25) is 0 Å². The quantitative estimate of drug-likeness (QED) is 0.643. The summed E-state index contributed by atoms with van der Waals surface area (Å²) in [6.07, 6.45) is 7.87. The zero-order valence-corrected chi connectivity index (χ0v) is 18.9. The summed E-state index contributed by atoms with van der Waals surface area (Å²) < 4.78 is 0. The molecule has 4 heteroatoms. The minimum atomic E-state index is 0.243. The Morgan fingerprint density at radius 1 is 0.963 bits per heavy atom. The van der Waals surface area contributed by atoms with Gasteiger partial charge in [-0.1, -0.05) is 34.6 Å². The van der Waals surface area contributed by atoms with Crippen LogP contribution >= 0.6 is 0 Å². The number of rotatable bonds is 7. The maximum absolute atomic E-state index is 12.1. The Hall–Kier alpha value is -0.770. The highest BCUT2D eigenvalue weighted by molar-refractivity contribution is 5.76. The molecule has 0 bridgehead atoms. The van der Waals surface area contributed by atoms with Crippen LogP contribution in [-0.4, -0.2) is 66.5 Å². The van der Waals surface area contributed by atoms with E-state index >= 15 is 0 Å². The van der Waals surface area contributed by atoms with Crippen LogP contribution in [0.2, 0.25) is 0 Å². The molecule has 2 amide bonds. The summed E-state index contributed by atoms with van der Waals surface area (Å²) >= 11 is 0. The maximum Gasteiger partial charge on any atom is 0.320 e. The van der Waals surface area contributed by atoms with Gasteiger partial charge >= 0.3 is 6.03 Å². The summed E-state index contributed by atoms with van der Waals surface area (Å²) in [5, 5.41) is 0. The molecule has 27 heavy (non-hydrogen) atoms. The topological polar surface area (TPSA) is 26.8 Å². The van der Waals surface area contributed by atoms with Crippen LogP contribution in [0.5, 0.6) is 0 Å². The summed E-state index contributed by atoms with van der Waals surface area (Å²) in [6.45, 7) is 15.0. The molecule has 0 aromatic carbocycles.